The number of fused-ring (bicyclic) bond motifs is 4. The largest absolute Gasteiger partial charge is 0.508 e. The van der Waals surface area contributed by atoms with Gasteiger partial charge in [-0.2, -0.15) is 0 Å². The van der Waals surface area contributed by atoms with Crippen molar-refractivity contribution in [3.05, 3.63) is 65.7 Å². The Kier molecular flexibility index (Phi) is 5.79. The van der Waals surface area contributed by atoms with E-state index in [2.05, 4.69) is 0 Å². The molecule has 2 aliphatic heterocycles. The van der Waals surface area contributed by atoms with Gasteiger partial charge in [-0.15, -0.1) is 23.2 Å². The fraction of sp³-hybridized carbons (Fsp3) is 0.333. The van der Waals surface area contributed by atoms with Crippen LogP contribution >= 0.6 is 23.2 Å². The van der Waals surface area contributed by atoms with Crippen molar-refractivity contribution in [2.24, 2.45) is 17.8 Å². The van der Waals surface area contributed by atoms with Gasteiger partial charge in [0.05, 0.1) is 17.5 Å². The lowest BCUT2D eigenvalue weighted by Crippen LogP contribution is -2.60. The highest BCUT2D eigenvalue weighted by Crippen LogP contribution is 2.66. The zero-order valence-electron chi connectivity index (χ0n) is 20.6. The number of hydrogen-bond donors (Lipinski definition) is 3. The molecule has 2 saturated heterocycles. The van der Waals surface area contributed by atoms with E-state index in [4.69, 9.17) is 23.2 Å². The Bertz CT molecular complexity index is 1500. The topological polar surface area (TPSA) is 135 Å². The molecule has 39 heavy (non-hydrogen) atoms. The first-order valence-corrected chi connectivity index (χ1v) is 13.2. The maximum Gasteiger partial charge on any atom is 0.488 e. The number of likely N-dealkylation sites (tertiary alicyclic amines) is 1. The van der Waals surface area contributed by atoms with Gasteiger partial charge in [0, 0.05) is 18.5 Å². The molecule has 4 aliphatic rings. The first kappa shape index (κ1) is 26.1. The van der Waals surface area contributed by atoms with Gasteiger partial charge in [0.15, 0.2) is 9.75 Å². The number of phenols is 1. The number of alkyl halides is 2. The van der Waals surface area contributed by atoms with E-state index in [-0.39, 0.29) is 29.7 Å². The molecule has 3 N–H and O–H groups in total. The summed E-state index contributed by atoms with van der Waals surface area (Å²) in [7, 11) is -0.490. The maximum absolute atomic E-state index is 13.9. The molecule has 2 aliphatic carbocycles. The van der Waals surface area contributed by atoms with Crippen LogP contribution in [-0.4, -0.2) is 67.6 Å². The summed E-state index contributed by atoms with van der Waals surface area (Å²) in [4.78, 5) is 52.5. The minimum Gasteiger partial charge on any atom is -0.508 e. The molecule has 0 radical (unpaired) electrons. The molecule has 12 heteroatoms. The SMILES string of the molecule is CN1C(=O)[C@]2(Cl)C[C@@H]3C(=CC[C@@H]4C(=O)N(c5cccc(B(O)O)c5)C(=O)[C@@H]43)[C@H](c3ccccc3O)[C@]2(Cl)C1=O. The van der Waals surface area contributed by atoms with Crippen molar-refractivity contribution in [3.63, 3.8) is 0 Å². The molecule has 2 aromatic carbocycles. The fourth-order valence-electron chi connectivity index (χ4n) is 6.90. The van der Waals surface area contributed by atoms with E-state index >= 15 is 0 Å². The smallest absolute Gasteiger partial charge is 0.488 e. The van der Waals surface area contributed by atoms with E-state index < -0.39 is 64.2 Å². The van der Waals surface area contributed by atoms with Crippen molar-refractivity contribution >= 4 is 65.1 Å². The van der Waals surface area contributed by atoms with Crippen molar-refractivity contribution in [3.8, 4) is 5.75 Å². The van der Waals surface area contributed by atoms with E-state index in [1.54, 1.807) is 24.3 Å². The molecular weight excluding hydrogens is 546 g/mol. The third kappa shape index (κ3) is 3.29. The third-order valence-corrected chi connectivity index (χ3v) is 10.1. The number of imide groups is 2. The van der Waals surface area contributed by atoms with E-state index in [9.17, 15) is 34.3 Å². The molecule has 6 atom stereocenters. The second-order valence-corrected chi connectivity index (χ2v) is 11.8. The van der Waals surface area contributed by atoms with Crippen LogP contribution < -0.4 is 10.4 Å². The molecule has 6 rings (SSSR count). The number of hydrogen-bond acceptors (Lipinski definition) is 7. The van der Waals surface area contributed by atoms with Crippen LogP contribution in [0.2, 0.25) is 0 Å². The molecular formula is C27H23BCl2N2O7. The lowest BCUT2D eigenvalue weighted by molar-refractivity contribution is -0.138. The van der Waals surface area contributed by atoms with Gasteiger partial charge >= 0.3 is 7.12 Å². The van der Waals surface area contributed by atoms with E-state index in [0.29, 0.717) is 11.1 Å². The number of benzene rings is 2. The number of aromatic hydroxyl groups is 1. The predicted octanol–water partition coefficient (Wildman–Crippen LogP) is 1.27. The van der Waals surface area contributed by atoms with Crippen LogP contribution in [0.1, 0.15) is 24.3 Å². The summed E-state index contributed by atoms with van der Waals surface area (Å²) >= 11 is 14.2. The Morgan fingerprint density at radius 2 is 1.67 bits per heavy atom. The molecule has 0 aromatic heterocycles. The van der Waals surface area contributed by atoms with E-state index in [0.717, 1.165) is 9.80 Å². The van der Waals surface area contributed by atoms with Crippen molar-refractivity contribution in [2.45, 2.75) is 28.5 Å². The molecule has 200 valence electrons. The minimum atomic E-state index is -1.97. The number of halogens is 2. The quantitative estimate of drug-likeness (QED) is 0.219. The van der Waals surface area contributed by atoms with Crippen LogP contribution in [0.25, 0.3) is 0 Å². The van der Waals surface area contributed by atoms with Crippen LogP contribution in [0.5, 0.6) is 5.75 Å². The summed E-state index contributed by atoms with van der Waals surface area (Å²) in [5.41, 5.74) is 1.17. The lowest BCUT2D eigenvalue weighted by atomic mass is 9.56. The van der Waals surface area contributed by atoms with Crippen molar-refractivity contribution in [2.75, 3.05) is 11.9 Å². The molecule has 4 amide bonds. The molecule has 0 unspecified atom stereocenters. The number of nitrogens with zero attached hydrogens (tertiary/aromatic N) is 2. The van der Waals surface area contributed by atoms with Gasteiger partial charge in [-0.3, -0.25) is 29.0 Å². The first-order valence-electron chi connectivity index (χ1n) is 12.5. The average Bonchev–Trinajstić information content (AvgIpc) is 3.24. The van der Waals surface area contributed by atoms with Gasteiger partial charge in [-0.1, -0.05) is 42.0 Å². The summed E-state index contributed by atoms with van der Waals surface area (Å²) < 4.78 is 0. The van der Waals surface area contributed by atoms with Gasteiger partial charge in [-0.05, 0) is 42.4 Å². The summed E-state index contributed by atoms with van der Waals surface area (Å²) in [6.07, 6.45) is 1.79. The Hall–Kier alpha value is -3.18. The van der Waals surface area contributed by atoms with Gasteiger partial charge in [-0.25, -0.2) is 0 Å². The number of carbonyl (C=O) groups excluding carboxylic acids is 4. The molecule has 9 nitrogen and oxygen atoms in total. The standard InChI is InChI=1S/C27H23BCl2N2O7/c1-31-24(36)26(29)12-18-15(21(27(26,30)25(31)37)16-7-2-3-8-19(16)33)9-10-17-20(18)23(35)32(22(17)34)14-6-4-5-13(11-14)28(38)39/h2-9,11,17-18,20-21,33,38-39H,10,12H2,1H3/t17-,18+,20-,21+,26+,27-/m0/s1. The number of para-hydroxylation sites is 1. The molecule has 0 bridgehead atoms. The lowest BCUT2D eigenvalue weighted by Gasteiger charge is -2.50. The monoisotopic (exact) mass is 568 g/mol. The summed E-state index contributed by atoms with van der Waals surface area (Å²) in [5, 5.41) is 30.0. The number of allylic oxidation sites excluding steroid dienone is 2. The van der Waals surface area contributed by atoms with Gasteiger partial charge in [0.25, 0.3) is 11.8 Å². The summed E-state index contributed by atoms with van der Waals surface area (Å²) in [5.74, 6) is -5.95. The highest BCUT2D eigenvalue weighted by atomic mass is 35.5. The fourth-order valence-corrected chi connectivity index (χ4v) is 7.91. The maximum atomic E-state index is 13.9. The highest BCUT2D eigenvalue weighted by Gasteiger charge is 2.76. The number of anilines is 1. The van der Waals surface area contributed by atoms with Gasteiger partial charge in [0.2, 0.25) is 11.8 Å². The minimum absolute atomic E-state index is 0.115. The predicted molar refractivity (Wildman–Crippen MR) is 142 cm³/mol. The Morgan fingerprint density at radius 3 is 2.36 bits per heavy atom. The molecule has 0 spiro atoms. The van der Waals surface area contributed by atoms with Crippen LogP contribution in [0.4, 0.5) is 5.69 Å². The van der Waals surface area contributed by atoms with Crippen molar-refractivity contribution in [1.82, 2.24) is 4.90 Å². The second-order valence-electron chi connectivity index (χ2n) is 10.5. The van der Waals surface area contributed by atoms with E-state index in [1.807, 2.05) is 0 Å². The zero-order valence-corrected chi connectivity index (χ0v) is 22.1. The first-order chi connectivity index (χ1) is 18.4. The molecule has 2 heterocycles. The molecule has 1 saturated carbocycles. The van der Waals surface area contributed by atoms with Crippen molar-refractivity contribution in [1.29, 1.82) is 0 Å². The van der Waals surface area contributed by atoms with Crippen LogP contribution in [0.3, 0.4) is 0 Å². The van der Waals surface area contributed by atoms with E-state index in [1.165, 1.54) is 37.4 Å². The van der Waals surface area contributed by atoms with Gasteiger partial charge in [0.1, 0.15) is 5.75 Å². The van der Waals surface area contributed by atoms with Gasteiger partial charge < -0.3 is 15.2 Å². The Labute approximate surface area is 233 Å². The number of rotatable bonds is 3. The van der Waals surface area contributed by atoms with Crippen LogP contribution in [0.15, 0.2) is 60.2 Å². The number of carbonyl (C=O) groups is 4. The normalized spacial score (nSPS) is 33.6. The van der Waals surface area contributed by atoms with Crippen molar-refractivity contribution < 1.29 is 34.3 Å². The highest BCUT2D eigenvalue weighted by molar-refractivity contribution is 6.58. The number of amides is 4. The third-order valence-electron chi connectivity index (χ3n) is 8.69. The zero-order chi connectivity index (χ0) is 28.0. The van der Waals surface area contributed by atoms with Crippen LogP contribution in [-0.2, 0) is 19.2 Å². The average molecular weight is 569 g/mol. The Morgan fingerprint density at radius 1 is 0.949 bits per heavy atom. The summed E-state index contributed by atoms with van der Waals surface area (Å²) in [6, 6.07) is 12.2. The molecule has 3 fully saturated rings. The molecule has 2 aromatic rings. The number of phenolic OH excluding ortho intramolecular Hbond substituents is 1. The Balaban J connectivity index is 1.50. The summed E-state index contributed by atoms with van der Waals surface area (Å²) in [6.45, 7) is 0. The van der Waals surface area contributed by atoms with Crippen LogP contribution in [0, 0.1) is 17.8 Å². The second kappa shape index (κ2) is 8.66.